The largest absolute Gasteiger partial charge is 0.477 e. The Morgan fingerprint density at radius 3 is 3.14 bits per heavy atom. The Bertz CT molecular complexity index is 317. The molecule has 14 heavy (non-hydrogen) atoms. The zero-order chi connectivity index (χ0) is 10.4. The highest BCUT2D eigenvalue weighted by atomic mass is 79.9. The van der Waals surface area contributed by atoms with Gasteiger partial charge < -0.3 is 10.5 Å². The molecule has 2 N–H and O–H groups in total. The Balaban J connectivity index is 2.49. The number of ether oxygens (including phenoxy) is 1. The summed E-state index contributed by atoms with van der Waals surface area (Å²) in [6.07, 6.45) is 5.27. The number of halogens is 1. The lowest BCUT2D eigenvalue weighted by molar-refractivity contribution is 0.298. The van der Waals surface area contributed by atoms with E-state index in [1.807, 2.05) is 6.08 Å². The molecule has 0 radical (unpaired) electrons. The number of anilines is 1. The predicted molar refractivity (Wildman–Crippen MR) is 59.1 cm³/mol. The Labute approximate surface area is 91.3 Å². The van der Waals surface area contributed by atoms with Crippen LogP contribution in [-0.4, -0.2) is 16.6 Å². The lowest BCUT2D eigenvalue weighted by Crippen LogP contribution is -2.02. The van der Waals surface area contributed by atoms with Crippen LogP contribution in [0.25, 0.3) is 0 Å². The topological polar surface area (TPSA) is 61.0 Å². The maximum Gasteiger partial charge on any atom is 0.232 e. The van der Waals surface area contributed by atoms with Crippen molar-refractivity contribution >= 4 is 21.9 Å². The molecule has 1 rings (SSSR count). The van der Waals surface area contributed by atoms with Gasteiger partial charge in [0.15, 0.2) is 0 Å². The molecular formula is C9H12BrN3O. The summed E-state index contributed by atoms with van der Waals surface area (Å²) in [6.45, 7) is 4.22. The number of hydrogen-bond donors (Lipinski definition) is 1. The van der Waals surface area contributed by atoms with E-state index in [4.69, 9.17) is 10.5 Å². The molecule has 1 aromatic rings. The molecule has 0 spiro atoms. The summed E-state index contributed by atoms with van der Waals surface area (Å²) in [5, 5.41) is 0. The maximum atomic E-state index is 5.42. The van der Waals surface area contributed by atoms with Crippen LogP contribution >= 0.6 is 15.9 Å². The van der Waals surface area contributed by atoms with Crippen molar-refractivity contribution in [3.8, 4) is 5.88 Å². The average molecular weight is 258 g/mol. The van der Waals surface area contributed by atoms with Crippen molar-refractivity contribution in [1.82, 2.24) is 9.97 Å². The van der Waals surface area contributed by atoms with Gasteiger partial charge in [-0.3, -0.25) is 0 Å². The number of rotatable bonds is 5. The molecule has 0 aliphatic rings. The number of nitrogen functional groups attached to an aromatic ring is 1. The van der Waals surface area contributed by atoms with E-state index in [0.717, 1.165) is 12.8 Å². The lowest BCUT2D eigenvalue weighted by atomic mass is 10.3. The summed E-state index contributed by atoms with van der Waals surface area (Å²) in [4.78, 5) is 7.75. The van der Waals surface area contributed by atoms with Gasteiger partial charge in [0.25, 0.3) is 0 Å². The number of hydrogen-bond acceptors (Lipinski definition) is 4. The van der Waals surface area contributed by atoms with Crippen molar-refractivity contribution in [2.75, 3.05) is 12.3 Å². The summed E-state index contributed by atoms with van der Waals surface area (Å²) in [7, 11) is 0. The van der Waals surface area contributed by atoms with Crippen molar-refractivity contribution in [3.05, 3.63) is 23.3 Å². The first-order chi connectivity index (χ1) is 6.74. The molecule has 0 atom stereocenters. The molecule has 0 saturated carbocycles. The summed E-state index contributed by atoms with van der Waals surface area (Å²) in [5.41, 5.74) is 5.42. The fourth-order valence-corrected chi connectivity index (χ4v) is 1.17. The van der Waals surface area contributed by atoms with E-state index in [0.29, 0.717) is 17.0 Å². The molecule has 1 aromatic heterocycles. The molecule has 1 heterocycles. The minimum absolute atomic E-state index is 0.215. The first-order valence-electron chi connectivity index (χ1n) is 4.25. The van der Waals surface area contributed by atoms with E-state index in [1.165, 1.54) is 0 Å². The van der Waals surface area contributed by atoms with Gasteiger partial charge in [0.1, 0.15) is 0 Å². The van der Waals surface area contributed by atoms with Crippen molar-refractivity contribution in [2.24, 2.45) is 0 Å². The van der Waals surface area contributed by atoms with Crippen LogP contribution in [0, 0.1) is 0 Å². The highest BCUT2D eigenvalue weighted by molar-refractivity contribution is 9.10. The van der Waals surface area contributed by atoms with Gasteiger partial charge in [-0.05, 0) is 28.8 Å². The van der Waals surface area contributed by atoms with Gasteiger partial charge in [0, 0.05) is 0 Å². The maximum absolute atomic E-state index is 5.42. The van der Waals surface area contributed by atoms with Crippen LogP contribution in [0.4, 0.5) is 5.95 Å². The minimum atomic E-state index is 0.215. The monoisotopic (exact) mass is 257 g/mol. The number of allylic oxidation sites excluding steroid dienone is 1. The van der Waals surface area contributed by atoms with E-state index in [9.17, 15) is 0 Å². The first-order valence-corrected chi connectivity index (χ1v) is 5.05. The molecule has 0 bridgehead atoms. The molecule has 0 aliphatic carbocycles. The Morgan fingerprint density at radius 1 is 1.64 bits per heavy atom. The molecule has 0 aromatic carbocycles. The van der Waals surface area contributed by atoms with Gasteiger partial charge >= 0.3 is 0 Å². The van der Waals surface area contributed by atoms with Gasteiger partial charge in [0.2, 0.25) is 11.8 Å². The van der Waals surface area contributed by atoms with E-state index < -0.39 is 0 Å². The van der Waals surface area contributed by atoms with Gasteiger partial charge in [-0.2, -0.15) is 4.98 Å². The highest BCUT2D eigenvalue weighted by Gasteiger charge is 2.03. The quantitative estimate of drug-likeness (QED) is 0.649. The second kappa shape index (κ2) is 5.59. The first kappa shape index (κ1) is 11.0. The number of nitrogens with zero attached hydrogens (tertiary/aromatic N) is 2. The van der Waals surface area contributed by atoms with E-state index in [-0.39, 0.29) is 5.95 Å². The van der Waals surface area contributed by atoms with E-state index in [2.05, 4.69) is 32.5 Å². The van der Waals surface area contributed by atoms with Crippen molar-refractivity contribution in [2.45, 2.75) is 12.8 Å². The van der Waals surface area contributed by atoms with Crippen LogP contribution in [-0.2, 0) is 0 Å². The Hall–Kier alpha value is -1.10. The van der Waals surface area contributed by atoms with Gasteiger partial charge in [-0.15, -0.1) is 6.58 Å². The average Bonchev–Trinajstić information content (AvgIpc) is 2.18. The molecule has 0 unspecified atom stereocenters. The van der Waals surface area contributed by atoms with Crippen LogP contribution in [0.1, 0.15) is 12.8 Å². The molecular weight excluding hydrogens is 246 g/mol. The molecule has 76 valence electrons. The van der Waals surface area contributed by atoms with Crippen LogP contribution in [0.2, 0.25) is 0 Å². The van der Waals surface area contributed by atoms with Crippen LogP contribution in [0.3, 0.4) is 0 Å². The van der Waals surface area contributed by atoms with E-state index in [1.54, 1.807) is 6.20 Å². The third kappa shape index (κ3) is 3.33. The van der Waals surface area contributed by atoms with E-state index >= 15 is 0 Å². The van der Waals surface area contributed by atoms with Crippen molar-refractivity contribution < 1.29 is 4.74 Å². The second-order valence-electron chi connectivity index (χ2n) is 2.66. The van der Waals surface area contributed by atoms with Crippen LogP contribution < -0.4 is 10.5 Å². The smallest absolute Gasteiger partial charge is 0.232 e. The molecule has 0 amide bonds. The van der Waals surface area contributed by atoms with Crippen molar-refractivity contribution in [3.63, 3.8) is 0 Å². The number of nitrogens with two attached hydrogens (primary N) is 1. The summed E-state index contributed by atoms with van der Waals surface area (Å²) in [6, 6.07) is 0. The third-order valence-corrected chi connectivity index (χ3v) is 2.07. The second-order valence-corrected chi connectivity index (χ2v) is 3.51. The van der Waals surface area contributed by atoms with Gasteiger partial charge in [0.05, 0.1) is 17.3 Å². The van der Waals surface area contributed by atoms with Crippen LogP contribution in [0.5, 0.6) is 5.88 Å². The predicted octanol–water partition coefficient (Wildman–Crippen LogP) is 2.17. The molecule has 0 fully saturated rings. The van der Waals surface area contributed by atoms with Gasteiger partial charge in [-0.1, -0.05) is 6.08 Å². The zero-order valence-electron chi connectivity index (χ0n) is 7.74. The third-order valence-electron chi connectivity index (χ3n) is 1.52. The number of aromatic nitrogens is 2. The standard InChI is InChI=1S/C9H12BrN3O/c1-2-3-4-5-14-8-7(10)6-12-9(11)13-8/h2,6H,1,3-5H2,(H2,11,12,13). The lowest BCUT2D eigenvalue weighted by Gasteiger charge is -2.05. The zero-order valence-corrected chi connectivity index (χ0v) is 9.33. The number of unbranched alkanes of at least 4 members (excludes halogenated alkanes) is 1. The highest BCUT2D eigenvalue weighted by Crippen LogP contribution is 2.21. The summed E-state index contributed by atoms with van der Waals surface area (Å²) >= 11 is 3.27. The minimum Gasteiger partial charge on any atom is -0.477 e. The summed E-state index contributed by atoms with van der Waals surface area (Å²) < 4.78 is 6.11. The van der Waals surface area contributed by atoms with Crippen molar-refractivity contribution in [1.29, 1.82) is 0 Å². The fourth-order valence-electron chi connectivity index (χ4n) is 0.862. The Kier molecular flexibility index (Phi) is 4.39. The summed E-state index contributed by atoms with van der Waals surface area (Å²) in [5.74, 6) is 0.702. The fraction of sp³-hybridized carbons (Fsp3) is 0.333. The van der Waals surface area contributed by atoms with Crippen LogP contribution in [0.15, 0.2) is 23.3 Å². The van der Waals surface area contributed by atoms with Gasteiger partial charge in [-0.25, -0.2) is 4.98 Å². The Morgan fingerprint density at radius 2 is 2.43 bits per heavy atom. The molecule has 5 heteroatoms. The SMILES string of the molecule is C=CCCCOc1nc(N)ncc1Br. The molecule has 4 nitrogen and oxygen atoms in total. The normalized spacial score (nSPS) is 9.79. The molecule has 0 aliphatic heterocycles. The molecule has 0 saturated heterocycles.